The quantitative estimate of drug-likeness (QED) is 0.722. The van der Waals surface area contributed by atoms with E-state index in [0.717, 1.165) is 25.5 Å². The van der Waals surface area contributed by atoms with E-state index in [2.05, 4.69) is 4.72 Å². The van der Waals surface area contributed by atoms with E-state index in [1.807, 2.05) is 0 Å². The number of sulfonamides is 1. The number of likely N-dealkylation sites (tertiary alicyclic amines) is 1. The average Bonchev–Trinajstić information content (AvgIpc) is 2.45. The van der Waals surface area contributed by atoms with Gasteiger partial charge < -0.3 is 15.4 Å². The largest absolute Gasteiger partial charge is 0.381 e. The van der Waals surface area contributed by atoms with Gasteiger partial charge in [-0.3, -0.25) is 4.79 Å². The number of carbonyl (C=O) groups is 1. The summed E-state index contributed by atoms with van der Waals surface area (Å²) >= 11 is 0. The maximum Gasteiger partial charge on any atom is 0.243 e. The van der Waals surface area contributed by atoms with E-state index in [1.165, 1.54) is 0 Å². The molecular weight excluding hydrogens is 294 g/mol. The molecule has 0 aromatic carbocycles. The van der Waals surface area contributed by atoms with E-state index in [4.69, 9.17) is 10.5 Å². The molecule has 2 saturated heterocycles. The van der Waals surface area contributed by atoms with Gasteiger partial charge in [-0.2, -0.15) is 0 Å². The van der Waals surface area contributed by atoms with Crippen molar-refractivity contribution in [3.63, 3.8) is 0 Å². The molecule has 2 fully saturated rings. The fourth-order valence-electron chi connectivity index (χ4n) is 2.96. The van der Waals surface area contributed by atoms with E-state index in [1.54, 1.807) is 4.90 Å². The molecule has 2 heterocycles. The van der Waals surface area contributed by atoms with Crippen LogP contribution in [-0.2, 0) is 19.6 Å². The number of nitrogens with zero attached hydrogens (tertiary/aromatic N) is 1. The summed E-state index contributed by atoms with van der Waals surface area (Å²) in [6.45, 7) is 1.91. The Balaban J connectivity index is 2.05. The van der Waals surface area contributed by atoms with Crippen LogP contribution in [0.3, 0.4) is 0 Å². The first-order chi connectivity index (χ1) is 9.82. The molecule has 1 unspecified atom stereocenters. The van der Waals surface area contributed by atoms with Crippen LogP contribution in [0.1, 0.15) is 32.1 Å². The van der Waals surface area contributed by atoms with Crippen molar-refractivity contribution in [2.75, 3.05) is 32.6 Å². The van der Waals surface area contributed by atoms with Crippen LogP contribution in [0.2, 0.25) is 0 Å². The molecule has 0 aromatic heterocycles. The molecule has 21 heavy (non-hydrogen) atoms. The lowest BCUT2D eigenvalue weighted by molar-refractivity contribution is -0.144. The Labute approximate surface area is 126 Å². The molecule has 3 N–H and O–H groups in total. The number of hydrogen-bond donors (Lipinski definition) is 2. The molecule has 2 aliphatic rings. The Morgan fingerprint density at radius 1 is 1.38 bits per heavy atom. The van der Waals surface area contributed by atoms with Gasteiger partial charge in [0.25, 0.3) is 0 Å². The maximum atomic E-state index is 12.8. The van der Waals surface area contributed by atoms with Crippen LogP contribution in [0.5, 0.6) is 0 Å². The lowest BCUT2D eigenvalue weighted by atomic mass is 9.88. The van der Waals surface area contributed by atoms with Crippen molar-refractivity contribution in [2.45, 2.75) is 43.7 Å². The first-order valence-corrected chi connectivity index (χ1v) is 9.33. The molecule has 122 valence electrons. The summed E-state index contributed by atoms with van der Waals surface area (Å²) in [4.78, 5) is 14.5. The minimum Gasteiger partial charge on any atom is -0.381 e. The summed E-state index contributed by atoms with van der Waals surface area (Å²) in [6, 6.07) is -0.107. The molecule has 2 aliphatic heterocycles. The predicted molar refractivity (Wildman–Crippen MR) is 79.2 cm³/mol. The molecule has 0 spiro atoms. The predicted octanol–water partition coefficient (Wildman–Crippen LogP) is -0.575. The molecule has 2 rings (SSSR count). The molecule has 0 bridgehead atoms. The smallest absolute Gasteiger partial charge is 0.243 e. The highest BCUT2D eigenvalue weighted by atomic mass is 32.2. The summed E-state index contributed by atoms with van der Waals surface area (Å²) in [5.74, 6) is -0.0641. The summed E-state index contributed by atoms with van der Waals surface area (Å²) in [7, 11) is -3.25. The fourth-order valence-corrected chi connectivity index (χ4v) is 3.46. The van der Waals surface area contributed by atoms with Crippen LogP contribution < -0.4 is 10.5 Å². The minimum absolute atomic E-state index is 0.0641. The van der Waals surface area contributed by atoms with Crippen molar-refractivity contribution in [1.82, 2.24) is 9.62 Å². The van der Waals surface area contributed by atoms with Crippen molar-refractivity contribution in [3.05, 3.63) is 0 Å². The van der Waals surface area contributed by atoms with Crippen LogP contribution in [0.4, 0.5) is 0 Å². The molecule has 1 atom stereocenters. The van der Waals surface area contributed by atoms with Crippen molar-refractivity contribution < 1.29 is 17.9 Å². The van der Waals surface area contributed by atoms with Gasteiger partial charge in [-0.1, -0.05) is 0 Å². The van der Waals surface area contributed by atoms with E-state index >= 15 is 0 Å². The highest BCUT2D eigenvalue weighted by molar-refractivity contribution is 7.88. The Morgan fingerprint density at radius 2 is 2.05 bits per heavy atom. The second-order valence-electron chi connectivity index (χ2n) is 6.04. The standard InChI is InChI=1S/C13H25N3O4S/c1-21(18,19)15-10-11-4-2-3-7-16(11)12(17)13(14)5-8-20-9-6-13/h11,15H,2-10,14H2,1H3. The number of piperidine rings is 1. The lowest BCUT2D eigenvalue weighted by Gasteiger charge is -2.42. The number of ether oxygens (including phenoxy) is 1. The number of hydrogen-bond acceptors (Lipinski definition) is 5. The zero-order chi connectivity index (χ0) is 15.5. The number of nitrogens with two attached hydrogens (primary N) is 1. The van der Waals surface area contributed by atoms with Gasteiger partial charge in [-0.15, -0.1) is 0 Å². The SMILES string of the molecule is CS(=O)(=O)NCC1CCCCN1C(=O)C1(N)CCOCC1. The Bertz CT molecular complexity index is 474. The van der Waals surface area contributed by atoms with Crippen LogP contribution in [0.25, 0.3) is 0 Å². The Kier molecular flexibility index (Phi) is 5.24. The van der Waals surface area contributed by atoms with Crippen molar-refractivity contribution in [3.8, 4) is 0 Å². The number of rotatable bonds is 4. The third-order valence-corrected chi connectivity index (χ3v) is 4.97. The van der Waals surface area contributed by atoms with Gasteiger partial charge in [-0.25, -0.2) is 13.1 Å². The number of carbonyl (C=O) groups excluding carboxylic acids is 1. The topological polar surface area (TPSA) is 102 Å². The average molecular weight is 319 g/mol. The zero-order valence-corrected chi connectivity index (χ0v) is 13.3. The van der Waals surface area contributed by atoms with Crippen LogP contribution in [0, 0.1) is 0 Å². The molecule has 0 radical (unpaired) electrons. The van der Waals surface area contributed by atoms with Gasteiger partial charge in [-0.05, 0) is 32.1 Å². The third kappa shape index (κ3) is 4.38. The van der Waals surface area contributed by atoms with Gasteiger partial charge in [0.2, 0.25) is 15.9 Å². The second kappa shape index (κ2) is 6.60. The number of amides is 1. The van der Waals surface area contributed by atoms with Gasteiger partial charge in [0, 0.05) is 32.3 Å². The Hall–Kier alpha value is -0.700. The molecular formula is C13H25N3O4S. The lowest BCUT2D eigenvalue weighted by Crippen LogP contribution is -2.62. The summed E-state index contributed by atoms with van der Waals surface area (Å²) in [5.41, 5.74) is 5.41. The van der Waals surface area contributed by atoms with E-state index < -0.39 is 15.6 Å². The van der Waals surface area contributed by atoms with Crippen molar-refractivity contribution in [2.24, 2.45) is 5.73 Å². The minimum atomic E-state index is -3.25. The molecule has 0 saturated carbocycles. The fraction of sp³-hybridized carbons (Fsp3) is 0.923. The molecule has 8 heteroatoms. The molecule has 1 amide bonds. The van der Waals surface area contributed by atoms with Crippen molar-refractivity contribution in [1.29, 1.82) is 0 Å². The maximum absolute atomic E-state index is 12.8. The first kappa shape index (κ1) is 16.7. The highest BCUT2D eigenvalue weighted by Crippen LogP contribution is 2.25. The van der Waals surface area contributed by atoms with E-state index in [-0.39, 0.29) is 18.5 Å². The summed E-state index contributed by atoms with van der Waals surface area (Å²) in [5, 5.41) is 0. The van der Waals surface area contributed by atoms with Crippen LogP contribution in [-0.4, -0.2) is 63.4 Å². The molecule has 7 nitrogen and oxygen atoms in total. The van der Waals surface area contributed by atoms with E-state index in [9.17, 15) is 13.2 Å². The number of nitrogens with one attached hydrogen (secondary N) is 1. The van der Waals surface area contributed by atoms with Crippen LogP contribution in [0.15, 0.2) is 0 Å². The summed E-state index contributed by atoms with van der Waals surface area (Å²) in [6.07, 6.45) is 4.92. The molecule has 0 aliphatic carbocycles. The second-order valence-corrected chi connectivity index (χ2v) is 7.87. The van der Waals surface area contributed by atoms with Gasteiger partial charge in [0.15, 0.2) is 0 Å². The van der Waals surface area contributed by atoms with Crippen molar-refractivity contribution >= 4 is 15.9 Å². The van der Waals surface area contributed by atoms with Gasteiger partial charge in [0.05, 0.1) is 11.8 Å². The monoisotopic (exact) mass is 319 g/mol. The third-order valence-electron chi connectivity index (χ3n) is 4.28. The highest BCUT2D eigenvalue weighted by Gasteiger charge is 2.41. The van der Waals surface area contributed by atoms with Crippen LogP contribution >= 0.6 is 0 Å². The Morgan fingerprint density at radius 3 is 2.67 bits per heavy atom. The first-order valence-electron chi connectivity index (χ1n) is 7.44. The zero-order valence-electron chi connectivity index (χ0n) is 12.5. The van der Waals surface area contributed by atoms with Gasteiger partial charge >= 0.3 is 0 Å². The van der Waals surface area contributed by atoms with Gasteiger partial charge in [0.1, 0.15) is 0 Å². The molecule has 0 aromatic rings. The van der Waals surface area contributed by atoms with E-state index in [0.29, 0.717) is 32.6 Å². The summed E-state index contributed by atoms with van der Waals surface area (Å²) < 4.78 is 30.3. The normalized spacial score (nSPS) is 26.6.